The lowest BCUT2D eigenvalue weighted by molar-refractivity contribution is 0.268. The molecule has 2 rings (SSSR count). The minimum Gasteiger partial charge on any atom is -0.394 e. The third-order valence-corrected chi connectivity index (χ3v) is 2.29. The quantitative estimate of drug-likeness (QED) is 0.732. The second-order valence-electron chi connectivity index (χ2n) is 3.43. The highest BCUT2D eigenvalue weighted by Gasteiger charge is 2.10. The fourth-order valence-electron chi connectivity index (χ4n) is 1.49. The first-order valence-corrected chi connectivity index (χ1v) is 4.52. The lowest BCUT2D eigenvalue weighted by atomic mass is 10.1. The molecular weight excluding hydrogens is 178 g/mol. The molecular formula is C10H13N3O. The van der Waals surface area contributed by atoms with Gasteiger partial charge in [-0.3, -0.25) is 0 Å². The van der Waals surface area contributed by atoms with E-state index in [1.807, 2.05) is 25.3 Å². The third-order valence-electron chi connectivity index (χ3n) is 2.29. The number of aryl methyl sites for hydroxylation is 1. The molecule has 0 amide bonds. The zero-order valence-electron chi connectivity index (χ0n) is 8.01. The van der Waals surface area contributed by atoms with Crippen LogP contribution in [-0.4, -0.2) is 21.3 Å². The van der Waals surface area contributed by atoms with Crippen molar-refractivity contribution in [1.82, 2.24) is 9.61 Å². The number of aromatic nitrogens is 2. The monoisotopic (exact) mass is 191 g/mol. The van der Waals surface area contributed by atoms with Crippen molar-refractivity contribution in [3.63, 3.8) is 0 Å². The van der Waals surface area contributed by atoms with Crippen LogP contribution < -0.4 is 5.73 Å². The van der Waals surface area contributed by atoms with E-state index in [9.17, 15) is 0 Å². The van der Waals surface area contributed by atoms with Gasteiger partial charge in [0.1, 0.15) is 0 Å². The smallest absolute Gasteiger partial charge is 0.0710 e. The summed E-state index contributed by atoms with van der Waals surface area (Å²) in [7, 11) is 0. The molecule has 4 heteroatoms. The molecule has 0 fully saturated rings. The molecule has 0 saturated heterocycles. The van der Waals surface area contributed by atoms with Crippen LogP contribution in [0.25, 0.3) is 5.52 Å². The second kappa shape index (κ2) is 3.40. The van der Waals surface area contributed by atoms with E-state index in [1.165, 1.54) is 0 Å². The highest BCUT2D eigenvalue weighted by Crippen LogP contribution is 2.17. The maximum Gasteiger partial charge on any atom is 0.0710 e. The normalized spacial score (nSPS) is 13.4. The Kier molecular flexibility index (Phi) is 2.23. The van der Waals surface area contributed by atoms with Gasteiger partial charge in [0.2, 0.25) is 0 Å². The van der Waals surface area contributed by atoms with Gasteiger partial charge in [-0.2, -0.15) is 5.10 Å². The zero-order chi connectivity index (χ0) is 10.1. The topological polar surface area (TPSA) is 63.5 Å². The Morgan fingerprint density at radius 3 is 3.07 bits per heavy atom. The third kappa shape index (κ3) is 1.38. The predicted molar refractivity (Wildman–Crippen MR) is 53.9 cm³/mol. The number of fused-ring (bicyclic) bond motifs is 1. The van der Waals surface area contributed by atoms with Crippen LogP contribution in [0.15, 0.2) is 24.5 Å². The van der Waals surface area contributed by atoms with Crippen molar-refractivity contribution in [3.05, 3.63) is 35.7 Å². The van der Waals surface area contributed by atoms with E-state index in [4.69, 9.17) is 10.8 Å². The average molecular weight is 191 g/mol. The largest absolute Gasteiger partial charge is 0.394 e. The van der Waals surface area contributed by atoms with Crippen LogP contribution in [0.3, 0.4) is 0 Å². The molecule has 14 heavy (non-hydrogen) atoms. The molecule has 0 saturated carbocycles. The van der Waals surface area contributed by atoms with E-state index in [0.717, 1.165) is 16.6 Å². The summed E-state index contributed by atoms with van der Waals surface area (Å²) in [5.41, 5.74) is 8.72. The molecule has 1 atom stereocenters. The van der Waals surface area contributed by atoms with Gasteiger partial charge in [-0.25, -0.2) is 4.52 Å². The summed E-state index contributed by atoms with van der Waals surface area (Å²) in [5, 5.41) is 13.1. The van der Waals surface area contributed by atoms with E-state index in [-0.39, 0.29) is 12.6 Å². The van der Waals surface area contributed by atoms with Crippen LogP contribution >= 0.6 is 0 Å². The number of nitrogens with zero attached hydrogens (tertiary/aromatic N) is 2. The molecule has 0 aliphatic heterocycles. The van der Waals surface area contributed by atoms with Gasteiger partial charge in [0, 0.05) is 11.8 Å². The van der Waals surface area contributed by atoms with Crippen LogP contribution in [0.2, 0.25) is 0 Å². The van der Waals surface area contributed by atoms with Crippen molar-refractivity contribution < 1.29 is 5.11 Å². The summed E-state index contributed by atoms with van der Waals surface area (Å²) in [4.78, 5) is 0. The van der Waals surface area contributed by atoms with Gasteiger partial charge in [-0.1, -0.05) is 6.07 Å². The Labute approximate surface area is 82.0 Å². The van der Waals surface area contributed by atoms with Crippen molar-refractivity contribution in [3.8, 4) is 0 Å². The number of aliphatic hydroxyl groups excluding tert-OH is 1. The maximum atomic E-state index is 8.96. The first-order chi connectivity index (χ1) is 6.72. The highest BCUT2D eigenvalue weighted by molar-refractivity contribution is 5.55. The molecule has 0 aliphatic carbocycles. The van der Waals surface area contributed by atoms with Gasteiger partial charge < -0.3 is 10.8 Å². The molecule has 2 heterocycles. The van der Waals surface area contributed by atoms with Crippen LogP contribution in [0, 0.1) is 6.92 Å². The van der Waals surface area contributed by atoms with Gasteiger partial charge in [0.05, 0.1) is 24.4 Å². The standard InChI is InChI=1S/C10H13N3O/c1-7-2-3-10-8(9(11)6-14)4-12-13(10)5-7/h2-5,9,14H,6,11H2,1H3. The van der Waals surface area contributed by atoms with E-state index in [1.54, 1.807) is 10.7 Å². The van der Waals surface area contributed by atoms with Crippen LogP contribution in [0.1, 0.15) is 17.2 Å². The Morgan fingerprint density at radius 1 is 1.57 bits per heavy atom. The van der Waals surface area contributed by atoms with Gasteiger partial charge in [-0.15, -0.1) is 0 Å². The fraction of sp³-hybridized carbons (Fsp3) is 0.300. The van der Waals surface area contributed by atoms with Crippen LogP contribution in [-0.2, 0) is 0 Å². The summed E-state index contributed by atoms with van der Waals surface area (Å²) in [5.74, 6) is 0. The minimum absolute atomic E-state index is 0.0603. The van der Waals surface area contributed by atoms with Crippen molar-refractivity contribution in [1.29, 1.82) is 0 Å². The van der Waals surface area contributed by atoms with Crippen molar-refractivity contribution in [2.24, 2.45) is 5.73 Å². The maximum absolute atomic E-state index is 8.96. The lowest BCUT2D eigenvalue weighted by Crippen LogP contribution is -2.13. The molecule has 4 nitrogen and oxygen atoms in total. The van der Waals surface area contributed by atoms with E-state index < -0.39 is 0 Å². The van der Waals surface area contributed by atoms with E-state index >= 15 is 0 Å². The van der Waals surface area contributed by atoms with Crippen LogP contribution in [0.5, 0.6) is 0 Å². The first kappa shape index (κ1) is 9.18. The van der Waals surface area contributed by atoms with Gasteiger partial charge >= 0.3 is 0 Å². The number of hydrogen-bond donors (Lipinski definition) is 2. The fourth-order valence-corrected chi connectivity index (χ4v) is 1.49. The number of aliphatic hydroxyl groups is 1. The molecule has 0 aliphatic rings. The van der Waals surface area contributed by atoms with E-state index in [2.05, 4.69) is 5.10 Å². The summed E-state index contributed by atoms with van der Waals surface area (Å²) in [6, 6.07) is 3.62. The molecule has 2 aromatic heterocycles. The minimum atomic E-state index is -0.352. The molecule has 1 unspecified atom stereocenters. The zero-order valence-corrected chi connectivity index (χ0v) is 8.01. The molecule has 0 radical (unpaired) electrons. The summed E-state index contributed by atoms with van der Waals surface area (Å²) >= 11 is 0. The molecule has 0 aromatic carbocycles. The number of nitrogens with two attached hydrogens (primary N) is 1. The number of pyridine rings is 1. The van der Waals surface area contributed by atoms with Crippen molar-refractivity contribution in [2.75, 3.05) is 6.61 Å². The second-order valence-corrected chi connectivity index (χ2v) is 3.43. The molecule has 3 N–H and O–H groups in total. The summed E-state index contributed by atoms with van der Waals surface area (Å²) in [6.07, 6.45) is 3.64. The molecule has 0 bridgehead atoms. The summed E-state index contributed by atoms with van der Waals surface area (Å²) < 4.78 is 1.78. The van der Waals surface area contributed by atoms with Crippen LogP contribution in [0.4, 0.5) is 0 Å². The number of hydrogen-bond acceptors (Lipinski definition) is 3. The molecule has 2 aromatic rings. The van der Waals surface area contributed by atoms with E-state index in [0.29, 0.717) is 0 Å². The lowest BCUT2D eigenvalue weighted by Gasteiger charge is -2.05. The molecule has 74 valence electrons. The van der Waals surface area contributed by atoms with Gasteiger partial charge in [0.15, 0.2) is 0 Å². The Bertz CT molecular complexity index is 450. The Balaban J connectivity index is 2.58. The SMILES string of the molecule is Cc1ccc2c(C(N)CO)cnn2c1. The first-order valence-electron chi connectivity index (χ1n) is 4.52. The summed E-state index contributed by atoms with van der Waals surface area (Å²) in [6.45, 7) is 1.95. The van der Waals surface area contributed by atoms with Gasteiger partial charge in [-0.05, 0) is 18.6 Å². The van der Waals surface area contributed by atoms with Gasteiger partial charge in [0.25, 0.3) is 0 Å². The average Bonchev–Trinajstić information content (AvgIpc) is 2.59. The Hall–Kier alpha value is -1.39. The molecule has 0 spiro atoms. The highest BCUT2D eigenvalue weighted by atomic mass is 16.3. The number of rotatable bonds is 2. The van der Waals surface area contributed by atoms with Crippen molar-refractivity contribution in [2.45, 2.75) is 13.0 Å². The Morgan fingerprint density at radius 2 is 2.36 bits per heavy atom. The predicted octanol–water partition coefficient (Wildman–Crippen LogP) is 0.635. The van der Waals surface area contributed by atoms with Crippen molar-refractivity contribution >= 4 is 5.52 Å².